The van der Waals surface area contributed by atoms with E-state index in [1.165, 1.54) is 12.1 Å². The Balaban J connectivity index is 1.43. The molecule has 1 aliphatic carbocycles. The second kappa shape index (κ2) is 8.63. The minimum absolute atomic E-state index is 0.0179. The Morgan fingerprint density at radius 1 is 1.21 bits per heavy atom. The van der Waals surface area contributed by atoms with Crippen LogP contribution in [0.4, 0.5) is 4.39 Å². The lowest BCUT2D eigenvalue weighted by atomic mass is 9.77. The molecular weight excluding hydrogens is 371 g/mol. The second-order valence-corrected chi connectivity index (χ2v) is 8.50. The first-order valence-corrected chi connectivity index (χ1v) is 10.3. The average Bonchev–Trinajstić information content (AvgIpc) is 3.36. The van der Waals surface area contributed by atoms with Crippen molar-refractivity contribution in [1.29, 1.82) is 0 Å². The van der Waals surface area contributed by atoms with Crippen LogP contribution in [0.3, 0.4) is 0 Å². The molecule has 6 nitrogen and oxygen atoms in total. The van der Waals surface area contributed by atoms with E-state index in [4.69, 9.17) is 4.74 Å². The Morgan fingerprint density at radius 2 is 1.93 bits per heavy atom. The van der Waals surface area contributed by atoms with E-state index in [2.05, 4.69) is 10.00 Å². The smallest absolute Gasteiger partial charge is 0.248 e. The molecule has 29 heavy (non-hydrogen) atoms. The molecule has 1 amide bonds. The van der Waals surface area contributed by atoms with Gasteiger partial charge < -0.3 is 9.64 Å². The van der Waals surface area contributed by atoms with Crippen molar-refractivity contribution < 1.29 is 13.9 Å². The summed E-state index contributed by atoms with van der Waals surface area (Å²) in [4.78, 5) is 16.0. The highest BCUT2D eigenvalue weighted by atomic mass is 19.1. The number of benzene rings is 1. The Labute approximate surface area is 171 Å². The number of carbonyl (C=O) groups is 1. The topological polar surface area (TPSA) is 50.6 Å². The van der Waals surface area contributed by atoms with Crippen molar-refractivity contribution >= 4 is 5.91 Å². The van der Waals surface area contributed by atoms with Crippen molar-refractivity contribution in [3.05, 3.63) is 54.1 Å². The Bertz CT molecular complexity index is 809. The van der Waals surface area contributed by atoms with E-state index in [0.29, 0.717) is 11.8 Å². The van der Waals surface area contributed by atoms with Gasteiger partial charge in [0.1, 0.15) is 12.4 Å². The lowest BCUT2D eigenvalue weighted by Crippen LogP contribution is -2.40. The number of halogens is 1. The molecule has 7 heteroatoms. The fraction of sp³-hybridized carbons (Fsp3) is 0.545. The van der Waals surface area contributed by atoms with Crippen molar-refractivity contribution in [3.8, 4) is 0 Å². The number of hydrogen-bond acceptors (Lipinski definition) is 4. The van der Waals surface area contributed by atoms with E-state index in [9.17, 15) is 9.18 Å². The van der Waals surface area contributed by atoms with E-state index in [1.807, 2.05) is 29.1 Å². The fourth-order valence-electron chi connectivity index (χ4n) is 4.71. The molecule has 1 aromatic heterocycles. The molecule has 1 saturated heterocycles. The minimum atomic E-state index is -0.196. The fourth-order valence-corrected chi connectivity index (χ4v) is 4.71. The van der Waals surface area contributed by atoms with Crippen LogP contribution in [0.15, 0.2) is 42.7 Å². The zero-order valence-corrected chi connectivity index (χ0v) is 17.1. The van der Waals surface area contributed by atoms with Gasteiger partial charge in [0.15, 0.2) is 0 Å². The molecule has 0 N–H and O–H groups in total. The maximum atomic E-state index is 13.2. The van der Waals surface area contributed by atoms with Gasteiger partial charge in [-0.2, -0.15) is 5.10 Å². The molecule has 0 unspecified atom stereocenters. The van der Waals surface area contributed by atoms with Crippen LogP contribution in [0.1, 0.15) is 24.4 Å². The van der Waals surface area contributed by atoms with Crippen LogP contribution in [-0.4, -0.2) is 65.4 Å². The first kappa shape index (κ1) is 20.0. The van der Waals surface area contributed by atoms with E-state index < -0.39 is 0 Å². The normalized spacial score (nSPS) is 27.0. The quantitative estimate of drug-likeness (QED) is 0.748. The number of likely N-dealkylation sites (N-methyl/N-ethyl adjacent to an activating group) is 1. The van der Waals surface area contributed by atoms with Gasteiger partial charge in [-0.15, -0.1) is 0 Å². The molecule has 4 rings (SSSR count). The highest BCUT2D eigenvalue weighted by Gasteiger charge is 2.43. The van der Waals surface area contributed by atoms with Crippen molar-refractivity contribution in [2.45, 2.75) is 31.5 Å². The SMILES string of the molecule is CN(C)C(=O)CO[C@H]1C[C@@H]2CN(Cc3ccc(F)cc3)C[C@@H]2C[C@@H]1n1cccn1. The van der Waals surface area contributed by atoms with Gasteiger partial charge in [0.05, 0.1) is 12.1 Å². The molecule has 1 aliphatic heterocycles. The van der Waals surface area contributed by atoms with Crippen LogP contribution in [0.25, 0.3) is 0 Å². The Hall–Kier alpha value is -2.25. The molecule has 2 heterocycles. The number of aromatic nitrogens is 2. The lowest BCUT2D eigenvalue weighted by Gasteiger charge is -2.38. The maximum Gasteiger partial charge on any atom is 0.248 e. The molecule has 0 radical (unpaired) electrons. The molecular formula is C22H29FN4O2. The Morgan fingerprint density at radius 3 is 2.59 bits per heavy atom. The van der Waals surface area contributed by atoms with Crippen LogP contribution in [-0.2, 0) is 16.1 Å². The van der Waals surface area contributed by atoms with Gasteiger partial charge in [-0.25, -0.2) is 4.39 Å². The van der Waals surface area contributed by atoms with Gasteiger partial charge in [0.2, 0.25) is 5.91 Å². The number of hydrogen-bond donors (Lipinski definition) is 0. The highest BCUT2D eigenvalue weighted by molar-refractivity contribution is 5.76. The third-order valence-corrected chi connectivity index (χ3v) is 6.26. The summed E-state index contributed by atoms with van der Waals surface area (Å²) in [5.74, 6) is 0.907. The largest absolute Gasteiger partial charge is 0.366 e. The Kier molecular flexibility index (Phi) is 5.96. The van der Waals surface area contributed by atoms with E-state index in [1.54, 1.807) is 25.2 Å². The minimum Gasteiger partial charge on any atom is -0.366 e. The number of fused-ring (bicyclic) bond motifs is 1. The summed E-state index contributed by atoms with van der Waals surface area (Å²) in [6, 6.07) is 8.86. The van der Waals surface area contributed by atoms with E-state index in [0.717, 1.165) is 38.0 Å². The summed E-state index contributed by atoms with van der Waals surface area (Å²) >= 11 is 0. The van der Waals surface area contributed by atoms with E-state index in [-0.39, 0.29) is 30.5 Å². The molecule has 2 aromatic rings. The van der Waals surface area contributed by atoms with Crippen LogP contribution in [0, 0.1) is 17.7 Å². The summed E-state index contributed by atoms with van der Waals surface area (Å²) in [6.07, 6.45) is 5.68. The summed E-state index contributed by atoms with van der Waals surface area (Å²) in [5, 5.41) is 4.45. The van der Waals surface area contributed by atoms with Crippen molar-refractivity contribution in [1.82, 2.24) is 19.6 Å². The number of carbonyl (C=O) groups excluding carboxylic acids is 1. The zero-order chi connectivity index (χ0) is 20.4. The molecule has 1 aromatic carbocycles. The summed E-state index contributed by atoms with van der Waals surface area (Å²) in [5.41, 5.74) is 1.14. The maximum absolute atomic E-state index is 13.2. The van der Waals surface area contributed by atoms with Gasteiger partial charge in [-0.3, -0.25) is 14.4 Å². The summed E-state index contributed by atoms with van der Waals surface area (Å²) in [6.45, 7) is 2.98. The van der Waals surface area contributed by atoms with Crippen molar-refractivity contribution in [2.24, 2.45) is 11.8 Å². The third-order valence-electron chi connectivity index (χ3n) is 6.26. The lowest BCUT2D eigenvalue weighted by molar-refractivity contribution is -0.138. The predicted octanol–water partition coefficient (Wildman–Crippen LogP) is 2.58. The molecule has 2 aliphatic rings. The van der Waals surface area contributed by atoms with Crippen LogP contribution >= 0.6 is 0 Å². The van der Waals surface area contributed by atoms with Gasteiger partial charge >= 0.3 is 0 Å². The molecule has 2 fully saturated rings. The number of amides is 1. The predicted molar refractivity (Wildman–Crippen MR) is 108 cm³/mol. The first-order chi connectivity index (χ1) is 14.0. The van der Waals surface area contributed by atoms with Crippen molar-refractivity contribution in [2.75, 3.05) is 33.8 Å². The molecule has 1 saturated carbocycles. The highest BCUT2D eigenvalue weighted by Crippen LogP contribution is 2.42. The second-order valence-electron chi connectivity index (χ2n) is 8.50. The molecule has 0 spiro atoms. The molecule has 4 atom stereocenters. The monoisotopic (exact) mass is 400 g/mol. The van der Waals surface area contributed by atoms with Gasteiger partial charge in [0.25, 0.3) is 0 Å². The number of likely N-dealkylation sites (tertiary alicyclic amines) is 1. The first-order valence-electron chi connectivity index (χ1n) is 10.3. The number of nitrogens with zero attached hydrogens (tertiary/aromatic N) is 4. The molecule has 156 valence electrons. The van der Waals surface area contributed by atoms with Crippen LogP contribution in [0.5, 0.6) is 0 Å². The van der Waals surface area contributed by atoms with Gasteiger partial charge in [0, 0.05) is 46.1 Å². The van der Waals surface area contributed by atoms with E-state index >= 15 is 0 Å². The average molecular weight is 400 g/mol. The molecule has 0 bridgehead atoms. The van der Waals surface area contributed by atoms with Crippen molar-refractivity contribution in [3.63, 3.8) is 0 Å². The van der Waals surface area contributed by atoms with Crippen LogP contribution < -0.4 is 0 Å². The third kappa shape index (κ3) is 4.67. The van der Waals surface area contributed by atoms with Crippen LogP contribution in [0.2, 0.25) is 0 Å². The standard InChI is InChI=1S/C22H29FN4O2/c1-25(2)22(28)15-29-21-11-18-14-26(12-16-4-6-19(23)7-5-16)13-17(18)10-20(21)27-9-3-8-24-27/h3-9,17-18,20-21H,10-15H2,1-2H3/t17-,18+,20-,21-/m0/s1. The summed E-state index contributed by atoms with van der Waals surface area (Å²) in [7, 11) is 3.50. The zero-order valence-electron chi connectivity index (χ0n) is 17.1. The van der Waals surface area contributed by atoms with Gasteiger partial charge in [-0.05, 0) is 48.4 Å². The summed E-state index contributed by atoms with van der Waals surface area (Å²) < 4.78 is 21.3. The number of ether oxygens (including phenoxy) is 1. The number of rotatable bonds is 6. The van der Waals surface area contributed by atoms with Gasteiger partial charge in [-0.1, -0.05) is 12.1 Å².